The minimum Gasteiger partial charge on any atom is -0.449 e. The highest BCUT2D eigenvalue weighted by Gasteiger charge is 2.29. The van der Waals surface area contributed by atoms with Gasteiger partial charge < -0.3 is 9.64 Å². The highest BCUT2D eigenvalue weighted by molar-refractivity contribution is 9.10. The molecule has 118 valence electrons. The van der Waals surface area contributed by atoms with Crippen molar-refractivity contribution < 1.29 is 14.3 Å². The van der Waals surface area contributed by atoms with E-state index in [0.717, 1.165) is 22.1 Å². The van der Waals surface area contributed by atoms with E-state index in [1.54, 1.807) is 36.1 Å². The SMILES string of the molecule is CC(OC(=O)c1ccc(Br)cc1)C(=O)N1CCc2ccccc21. The number of ether oxygens (including phenoxy) is 1. The minimum atomic E-state index is -0.822. The number of halogens is 1. The summed E-state index contributed by atoms with van der Waals surface area (Å²) < 4.78 is 6.20. The molecule has 0 radical (unpaired) electrons. The lowest BCUT2D eigenvalue weighted by Gasteiger charge is -2.21. The molecule has 1 aliphatic heterocycles. The quantitative estimate of drug-likeness (QED) is 0.772. The minimum absolute atomic E-state index is 0.194. The number of para-hydroxylation sites is 1. The van der Waals surface area contributed by atoms with E-state index < -0.39 is 12.1 Å². The predicted octanol–water partition coefficient (Wildman–Crippen LogP) is 3.58. The van der Waals surface area contributed by atoms with Gasteiger partial charge in [0.05, 0.1) is 5.56 Å². The fourth-order valence-corrected chi connectivity index (χ4v) is 2.92. The lowest BCUT2D eigenvalue weighted by atomic mass is 10.2. The van der Waals surface area contributed by atoms with Gasteiger partial charge >= 0.3 is 5.97 Å². The molecule has 0 saturated carbocycles. The molecule has 4 nitrogen and oxygen atoms in total. The maximum atomic E-state index is 12.6. The summed E-state index contributed by atoms with van der Waals surface area (Å²) in [6.07, 6.45) is 0.00672. The Balaban J connectivity index is 1.69. The first kappa shape index (κ1) is 15.7. The first-order valence-corrected chi connectivity index (χ1v) is 8.21. The van der Waals surface area contributed by atoms with Crippen LogP contribution >= 0.6 is 15.9 Å². The standard InChI is InChI=1S/C18H16BrNO3/c1-12(23-18(22)14-6-8-15(19)9-7-14)17(21)20-11-10-13-4-2-3-5-16(13)20/h2-9,12H,10-11H2,1H3. The third kappa shape index (κ3) is 3.29. The molecule has 23 heavy (non-hydrogen) atoms. The summed E-state index contributed by atoms with van der Waals surface area (Å²) in [4.78, 5) is 26.4. The maximum Gasteiger partial charge on any atom is 0.338 e. The van der Waals surface area contributed by atoms with Gasteiger partial charge in [-0.05, 0) is 49.2 Å². The van der Waals surface area contributed by atoms with E-state index in [9.17, 15) is 9.59 Å². The average molecular weight is 374 g/mol. The number of carbonyl (C=O) groups is 2. The Morgan fingerprint density at radius 1 is 1.13 bits per heavy atom. The Labute approximate surface area is 143 Å². The molecular weight excluding hydrogens is 358 g/mol. The third-order valence-electron chi connectivity index (χ3n) is 3.86. The van der Waals surface area contributed by atoms with Crippen LogP contribution in [0.3, 0.4) is 0 Å². The molecule has 1 amide bonds. The van der Waals surface area contributed by atoms with Gasteiger partial charge in [-0.15, -0.1) is 0 Å². The van der Waals surface area contributed by atoms with Gasteiger partial charge in [-0.25, -0.2) is 4.79 Å². The van der Waals surface area contributed by atoms with Gasteiger partial charge in [0.15, 0.2) is 6.10 Å². The average Bonchev–Trinajstić information content (AvgIpc) is 2.98. The fraction of sp³-hybridized carbons (Fsp3) is 0.222. The van der Waals surface area contributed by atoms with Crippen molar-refractivity contribution in [3.8, 4) is 0 Å². The second-order valence-electron chi connectivity index (χ2n) is 5.42. The molecule has 0 aromatic heterocycles. The van der Waals surface area contributed by atoms with Crippen molar-refractivity contribution >= 4 is 33.5 Å². The van der Waals surface area contributed by atoms with Crippen molar-refractivity contribution in [1.82, 2.24) is 0 Å². The van der Waals surface area contributed by atoms with Crippen LogP contribution in [0.2, 0.25) is 0 Å². The van der Waals surface area contributed by atoms with Crippen LogP contribution < -0.4 is 4.90 Å². The summed E-state index contributed by atoms with van der Waals surface area (Å²) in [5, 5.41) is 0. The number of rotatable bonds is 3. The topological polar surface area (TPSA) is 46.6 Å². The molecule has 0 fully saturated rings. The number of benzene rings is 2. The number of fused-ring (bicyclic) bond motifs is 1. The van der Waals surface area contributed by atoms with Crippen LogP contribution in [0.5, 0.6) is 0 Å². The zero-order valence-corrected chi connectivity index (χ0v) is 14.2. The molecular formula is C18H16BrNO3. The Kier molecular flexibility index (Phi) is 4.48. The summed E-state index contributed by atoms with van der Waals surface area (Å²) in [7, 11) is 0. The van der Waals surface area contributed by atoms with Crippen LogP contribution in [-0.2, 0) is 16.0 Å². The van der Waals surface area contributed by atoms with Crippen molar-refractivity contribution in [2.45, 2.75) is 19.4 Å². The Morgan fingerprint density at radius 2 is 1.83 bits per heavy atom. The Bertz CT molecular complexity index is 742. The second-order valence-corrected chi connectivity index (χ2v) is 6.34. The number of nitrogens with zero attached hydrogens (tertiary/aromatic N) is 1. The van der Waals surface area contributed by atoms with E-state index in [-0.39, 0.29) is 5.91 Å². The molecule has 2 aromatic rings. The van der Waals surface area contributed by atoms with Gasteiger partial charge in [0.1, 0.15) is 0 Å². The van der Waals surface area contributed by atoms with Crippen LogP contribution in [0.1, 0.15) is 22.8 Å². The number of carbonyl (C=O) groups excluding carboxylic acids is 2. The van der Waals surface area contributed by atoms with Gasteiger partial charge in [0.2, 0.25) is 0 Å². The molecule has 0 bridgehead atoms. The number of hydrogen-bond acceptors (Lipinski definition) is 3. The third-order valence-corrected chi connectivity index (χ3v) is 4.39. The van der Waals surface area contributed by atoms with Gasteiger partial charge in [-0.1, -0.05) is 34.1 Å². The number of esters is 1. The van der Waals surface area contributed by atoms with Crippen molar-refractivity contribution in [1.29, 1.82) is 0 Å². The van der Waals surface area contributed by atoms with E-state index >= 15 is 0 Å². The molecule has 1 unspecified atom stereocenters. The van der Waals surface area contributed by atoms with Crippen LogP contribution in [0, 0.1) is 0 Å². The summed E-state index contributed by atoms with van der Waals surface area (Å²) in [6.45, 7) is 2.23. The fourth-order valence-electron chi connectivity index (χ4n) is 2.65. The zero-order chi connectivity index (χ0) is 16.4. The zero-order valence-electron chi connectivity index (χ0n) is 12.7. The molecule has 1 aliphatic rings. The Morgan fingerprint density at radius 3 is 2.57 bits per heavy atom. The van der Waals surface area contributed by atoms with Crippen LogP contribution in [0.15, 0.2) is 53.0 Å². The van der Waals surface area contributed by atoms with Gasteiger partial charge in [0.25, 0.3) is 5.91 Å². The molecule has 1 heterocycles. The number of hydrogen-bond donors (Lipinski definition) is 0. The van der Waals surface area contributed by atoms with E-state index in [4.69, 9.17) is 4.74 Å². The van der Waals surface area contributed by atoms with Crippen LogP contribution in [0.25, 0.3) is 0 Å². The van der Waals surface area contributed by atoms with E-state index in [0.29, 0.717) is 12.1 Å². The molecule has 0 aliphatic carbocycles. The summed E-state index contributed by atoms with van der Waals surface area (Å²) in [5.74, 6) is -0.689. The summed E-state index contributed by atoms with van der Waals surface area (Å²) >= 11 is 3.32. The maximum absolute atomic E-state index is 12.6. The highest BCUT2D eigenvalue weighted by atomic mass is 79.9. The van der Waals surface area contributed by atoms with Crippen LogP contribution in [-0.4, -0.2) is 24.5 Å². The molecule has 0 saturated heterocycles. The second kappa shape index (κ2) is 6.54. The van der Waals surface area contributed by atoms with E-state index in [1.165, 1.54) is 0 Å². The molecule has 5 heteroatoms. The lowest BCUT2D eigenvalue weighted by Crippen LogP contribution is -2.39. The molecule has 3 rings (SSSR count). The lowest BCUT2D eigenvalue weighted by molar-refractivity contribution is -0.126. The highest BCUT2D eigenvalue weighted by Crippen LogP contribution is 2.28. The molecule has 0 spiro atoms. The normalized spacial score (nSPS) is 14.3. The van der Waals surface area contributed by atoms with Gasteiger partial charge in [-0.2, -0.15) is 0 Å². The first-order chi connectivity index (χ1) is 11.1. The monoisotopic (exact) mass is 373 g/mol. The molecule has 0 N–H and O–H groups in total. The number of anilines is 1. The van der Waals surface area contributed by atoms with E-state index in [1.807, 2.05) is 24.3 Å². The van der Waals surface area contributed by atoms with Gasteiger partial charge in [-0.3, -0.25) is 4.79 Å². The Hall–Kier alpha value is -2.14. The smallest absolute Gasteiger partial charge is 0.338 e. The summed E-state index contributed by atoms with van der Waals surface area (Å²) in [5.41, 5.74) is 2.48. The van der Waals surface area contributed by atoms with Gasteiger partial charge in [0, 0.05) is 16.7 Å². The molecule has 2 aromatic carbocycles. The summed E-state index contributed by atoms with van der Waals surface area (Å²) in [6, 6.07) is 14.7. The molecule has 1 atom stereocenters. The van der Waals surface area contributed by atoms with Crippen molar-refractivity contribution in [2.75, 3.05) is 11.4 Å². The predicted molar refractivity (Wildman–Crippen MR) is 91.5 cm³/mol. The number of amides is 1. The van der Waals surface area contributed by atoms with E-state index in [2.05, 4.69) is 15.9 Å². The first-order valence-electron chi connectivity index (χ1n) is 7.42. The van der Waals surface area contributed by atoms with Crippen molar-refractivity contribution in [3.05, 3.63) is 64.1 Å². The van der Waals surface area contributed by atoms with Crippen molar-refractivity contribution in [3.63, 3.8) is 0 Å². The largest absolute Gasteiger partial charge is 0.449 e. The van der Waals surface area contributed by atoms with Crippen LogP contribution in [0.4, 0.5) is 5.69 Å². The van der Waals surface area contributed by atoms with Crippen molar-refractivity contribution in [2.24, 2.45) is 0 Å².